The molecule has 3 aliphatic rings. The highest BCUT2D eigenvalue weighted by Gasteiger charge is 2.46. The highest BCUT2D eigenvalue weighted by Crippen LogP contribution is 2.34. The second-order valence-corrected chi connectivity index (χ2v) is 8.06. The fourth-order valence-electron chi connectivity index (χ4n) is 3.39. The lowest BCUT2D eigenvalue weighted by Crippen LogP contribution is -2.54. The molecule has 9 heteroatoms. The van der Waals surface area contributed by atoms with Crippen molar-refractivity contribution in [2.45, 2.75) is 45.2 Å². The number of hydrogen-bond donors (Lipinski definition) is 1. The van der Waals surface area contributed by atoms with E-state index in [1.54, 1.807) is 0 Å². The Morgan fingerprint density at radius 1 is 1.07 bits per heavy atom. The Morgan fingerprint density at radius 3 is 2.33 bits per heavy atom. The number of hydrogen-bond acceptors (Lipinski definition) is 6. The van der Waals surface area contributed by atoms with Crippen molar-refractivity contribution in [3.63, 3.8) is 0 Å². The van der Waals surface area contributed by atoms with Crippen molar-refractivity contribution in [1.29, 1.82) is 0 Å². The lowest BCUT2D eigenvalue weighted by molar-refractivity contribution is -0.136. The SMILES string of the molecule is [2H]C1([2H])N(c2ccc3c(c2F)C(=O)N(C2CCC(=O)NC2=O)C3=O)C([2H])([2H])C([2H])([2H])N(C(C)(C)C)C1([2H])[2H]. The van der Waals surface area contributed by atoms with Crippen LogP contribution in [0.15, 0.2) is 12.1 Å². The average molecular weight is 425 g/mol. The van der Waals surface area contributed by atoms with Crippen LogP contribution >= 0.6 is 0 Å². The summed E-state index contributed by atoms with van der Waals surface area (Å²) in [6.07, 6.45) is -0.384. The van der Waals surface area contributed by atoms with Crippen LogP contribution in [0.5, 0.6) is 0 Å². The molecule has 1 aromatic rings. The molecular formula is C21H25FN4O4. The quantitative estimate of drug-likeness (QED) is 0.717. The van der Waals surface area contributed by atoms with E-state index in [1.807, 2.05) is 5.32 Å². The van der Waals surface area contributed by atoms with E-state index in [-0.39, 0.29) is 17.7 Å². The minimum atomic E-state index is -3.40. The van der Waals surface area contributed by atoms with Crippen molar-refractivity contribution in [1.82, 2.24) is 15.1 Å². The van der Waals surface area contributed by atoms with E-state index in [0.717, 1.165) is 12.1 Å². The van der Waals surface area contributed by atoms with Crippen LogP contribution in [-0.2, 0) is 9.59 Å². The van der Waals surface area contributed by atoms with Crippen LogP contribution in [0.2, 0.25) is 0 Å². The van der Waals surface area contributed by atoms with E-state index in [0.29, 0.717) is 9.80 Å². The monoisotopic (exact) mass is 424 g/mol. The minimum absolute atomic E-state index is 0.0236. The van der Waals surface area contributed by atoms with Gasteiger partial charge in [-0.1, -0.05) is 0 Å². The lowest BCUT2D eigenvalue weighted by atomic mass is 10.0. The van der Waals surface area contributed by atoms with Crippen molar-refractivity contribution >= 4 is 29.3 Å². The topological polar surface area (TPSA) is 90.0 Å². The number of amides is 4. The van der Waals surface area contributed by atoms with Crippen LogP contribution in [0.1, 0.15) is 65.3 Å². The molecule has 30 heavy (non-hydrogen) atoms. The maximum Gasteiger partial charge on any atom is 0.265 e. The van der Waals surface area contributed by atoms with Gasteiger partial charge < -0.3 is 4.90 Å². The van der Waals surface area contributed by atoms with Crippen LogP contribution in [-0.4, -0.2) is 71.0 Å². The molecular weight excluding hydrogens is 391 g/mol. The molecule has 3 heterocycles. The number of nitrogens with one attached hydrogen (secondary N) is 1. The van der Waals surface area contributed by atoms with Gasteiger partial charge in [0.05, 0.1) is 22.3 Å². The maximum atomic E-state index is 16.0. The van der Waals surface area contributed by atoms with E-state index < -0.39 is 83.8 Å². The molecule has 0 bridgehead atoms. The predicted molar refractivity (Wildman–Crippen MR) is 107 cm³/mol. The minimum Gasteiger partial charge on any atom is -0.367 e. The summed E-state index contributed by atoms with van der Waals surface area (Å²) in [5, 5.41) is 1.99. The highest BCUT2D eigenvalue weighted by molar-refractivity contribution is 6.24. The van der Waals surface area contributed by atoms with Crippen LogP contribution in [0.4, 0.5) is 10.1 Å². The Bertz CT molecular complexity index is 1250. The van der Waals surface area contributed by atoms with Gasteiger partial charge in [0.15, 0.2) is 5.82 Å². The molecule has 0 aliphatic carbocycles. The van der Waals surface area contributed by atoms with Gasteiger partial charge in [-0.2, -0.15) is 0 Å². The Hall–Kier alpha value is -2.81. The number of piperazine rings is 1. The van der Waals surface area contributed by atoms with E-state index >= 15 is 4.39 Å². The second-order valence-electron chi connectivity index (χ2n) is 8.06. The Balaban J connectivity index is 1.87. The molecule has 4 amide bonds. The average Bonchev–Trinajstić information content (AvgIpc) is 2.98. The first-order valence-corrected chi connectivity index (χ1v) is 9.26. The first kappa shape index (κ1) is 12.8. The van der Waals surface area contributed by atoms with Gasteiger partial charge in [0.25, 0.3) is 11.8 Å². The largest absolute Gasteiger partial charge is 0.367 e. The Kier molecular flexibility index (Phi) is 3.05. The summed E-state index contributed by atoms with van der Waals surface area (Å²) >= 11 is 0. The molecule has 3 aliphatic heterocycles. The molecule has 2 fully saturated rings. The van der Waals surface area contributed by atoms with Crippen molar-refractivity contribution in [3.8, 4) is 0 Å². The van der Waals surface area contributed by atoms with Crippen molar-refractivity contribution in [2.75, 3.05) is 30.9 Å². The van der Waals surface area contributed by atoms with Crippen molar-refractivity contribution in [3.05, 3.63) is 29.1 Å². The molecule has 1 atom stereocenters. The molecule has 2 saturated heterocycles. The van der Waals surface area contributed by atoms with Gasteiger partial charge >= 0.3 is 0 Å². The standard InChI is InChI=1S/C21H25FN4O4/c1-21(2,3)25-10-8-24(9-11-25)13-5-4-12-16(17(13)22)20(30)26(19(12)29)14-6-7-15(27)23-18(14)28/h4-5,14H,6-11H2,1-3H3,(H,23,27,28)/i8D2,9D2,10D2,11D2. The fourth-order valence-corrected chi connectivity index (χ4v) is 3.39. The summed E-state index contributed by atoms with van der Waals surface area (Å²) < 4.78 is 84.2. The predicted octanol–water partition coefficient (Wildman–Crippen LogP) is 1.15. The van der Waals surface area contributed by atoms with Gasteiger partial charge in [0.1, 0.15) is 6.04 Å². The third kappa shape index (κ3) is 3.27. The molecule has 0 spiro atoms. The third-order valence-corrected chi connectivity index (χ3v) is 4.98. The van der Waals surface area contributed by atoms with Crippen molar-refractivity contribution < 1.29 is 34.5 Å². The summed E-state index contributed by atoms with van der Waals surface area (Å²) in [5.41, 5.74) is -3.82. The number of anilines is 1. The summed E-state index contributed by atoms with van der Waals surface area (Å²) in [7, 11) is 0. The van der Waals surface area contributed by atoms with E-state index in [4.69, 9.17) is 11.0 Å². The lowest BCUT2D eigenvalue weighted by Gasteiger charge is -2.43. The van der Waals surface area contributed by atoms with Crippen LogP contribution < -0.4 is 10.2 Å². The van der Waals surface area contributed by atoms with Gasteiger partial charge in [-0.05, 0) is 39.3 Å². The number of carbonyl (C=O) groups is 4. The molecule has 1 unspecified atom stereocenters. The zero-order valence-corrected chi connectivity index (χ0v) is 16.5. The molecule has 4 rings (SSSR count). The highest BCUT2D eigenvalue weighted by atomic mass is 19.1. The third-order valence-electron chi connectivity index (χ3n) is 4.98. The summed E-state index contributed by atoms with van der Waals surface area (Å²) in [4.78, 5) is 50.8. The molecule has 0 saturated carbocycles. The molecule has 8 nitrogen and oxygen atoms in total. The smallest absolute Gasteiger partial charge is 0.265 e. The number of benzene rings is 1. The number of rotatable bonds is 2. The second kappa shape index (κ2) is 7.16. The first-order valence-electron chi connectivity index (χ1n) is 13.3. The molecule has 0 aromatic heterocycles. The fraction of sp³-hybridized carbons (Fsp3) is 0.524. The summed E-state index contributed by atoms with van der Waals surface area (Å²) in [6, 6.07) is 0.259. The van der Waals surface area contributed by atoms with E-state index in [1.165, 1.54) is 20.8 Å². The molecule has 160 valence electrons. The van der Waals surface area contributed by atoms with Gasteiger partial charge in [-0.15, -0.1) is 0 Å². The number of carbonyl (C=O) groups excluding carboxylic acids is 4. The zero-order valence-electron chi connectivity index (χ0n) is 24.5. The number of piperidine rings is 1. The summed E-state index contributed by atoms with van der Waals surface area (Å²) in [6.45, 7) is -9.16. The normalized spacial score (nSPS) is 33.8. The number of nitrogens with zero attached hydrogens (tertiary/aromatic N) is 3. The van der Waals surface area contributed by atoms with Gasteiger partial charge in [-0.25, -0.2) is 4.39 Å². The summed E-state index contributed by atoms with van der Waals surface area (Å²) in [5.74, 6) is -5.47. The van der Waals surface area contributed by atoms with Crippen molar-refractivity contribution in [2.24, 2.45) is 0 Å². The molecule has 1 N–H and O–H groups in total. The van der Waals surface area contributed by atoms with Crippen LogP contribution in [0.25, 0.3) is 0 Å². The van der Waals surface area contributed by atoms with E-state index in [9.17, 15) is 19.2 Å². The van der Waals surface area contributed by atoms with Crippen LogP contribution in [0.3, 0.4) is 0 Å². The van der Waals surface area contributed by atoms with E-state index in [2.05, 4.69) is 0 Å². The Labute approximate surface area is 185 Å². The van der Waals surface area contributed by atoms with Gasteiger partial charge in [0.2, 0.25) is 11.8 Å². The Morgan fingerprint density at radius 2 is 1.73 bits per heavy atom. The van der Waals surface area contributed by atoms with Gasteiger partial charge in [0, 0.05) is 43.4 Å². The molecule has 0 radical (unpaired) electrons. The maximum absolute atomic E-state index is 16.0. The van der Waals surface area contributed by atoms with Crippen LogP contribution in [0, 0.1) is 5.82 Å². The van der Waals surface area contributed by atoms with Gasteiger partial charge in [-0.3, -0.25) is 34.3 Å². The number of imide groups is 2. The number of fused-ring (bicyclic) bond motifs is 1. The first-order chi connectivity index (χ1) is 17.1. The molecule has 1 aromatic carbocycles. The zero-order chi connectivity index (χ0) is 29.0. The number of halogens is 1.